The second-order valence-electron chi connectivity index (χ2n) is 5.41. The van der Waals surface area contributed by atoms with E-state index in [0.717, 1.165) is 22.4 Å². The van der Waals surface area contributed by atoms with Gasteiger partial charge in [-0.15, -0.1) is 0 Å². The topological polar surface area (TPSA) is 68.5 Å². The lowest BCUT2D eigenvalue weighted by atomic mass is 10.1. The van der Waals surface area contributed by atoms with E-state index in [1.54, 1.807) is 11.5 Å². The minimum Gasteiger partial charge on any atom is -0.477 e. The third-order valence-electron chi connectivity index (χ3n) is 3.90. The minimum absolute atomic E-state index is 0.0828. The zero-order valence-electron chi connectivity index (χ0n) is 13.6. The number of carbonyl (C=O) groups is 2. The van der Waals surface area contributed by atoms with Gasteiger partial charge in [0.2, 0.25) is 0 Å². The maximum absolute atomic E-state index is 11.7. The summed E-state index contributed by atoms with van der Waals surface area (Å²) in [4.78, 5) is 22.9. The van der Waals surface area contributed by atoms with Crippen molar-refractivity contribution in [1.29, 1.82) is 0 Å². The summed E-state index contributed by atoms with van der Waals surface area (Å²) in [6.45, 7) is 5.64. The average Bonchev–Trinajstić information content (AvgIpc) is 2.77. The molecular weight excluding hydrogens is 294 g/mol. The highest BCUT2D eigenvalue weighted by Gasteiger charge is 2.24. The third-order valence-corrected chi connectivity index (χ3v) is 3.90. The monoisotopic (exact) mass is 315 g/mol. The lowest BCUT2D eigenvalue weighted by Crippen LogP contribution is -2.14. The predicted molar refractivity (Wildman–Crippen MR) is 86.5 cm³/mol. The van der Waals surface area contributed by atoms with Gasteiger partial charge in [0.25, 0.3) is 0 Å². The lowest BCUT2D eigenvalue weighted by Gasteiger charge is -2.13. The van der Waals surface area contributed by atoms with Gasteiger partial charge in [0, 0.05) is 13.5 Å². The number of rotatable bonds is 6. The lowest BCUT2D eigenvalue weighted by molar-refractivity contribution is -0.142. The third kappa shape index (κ3) is 3.62. The molecule has 0 unspecified atom stereocenters. The van der Waals surface area contributed by atoms with Crippen molar-refractivity contribution in [1.82, 2.24) is 4.57 Å². The Morgan fingerprint density at radius 1 is 1.22 bits per heavy atom. The number of esters is 1. The maximum atomic E-state index is 11.7. The molecule has 2 aromatic rings. The molecule has 1 aromatic carbocycles. The molecule has 23 heavy (non-hydrogen) atoms. The molecule has 0 atom stereocenters. The average molecular weight is 315 g/mol. The largest absolute Gasteiger partial charge is 0.477 e. The predicted octanol–water partition coefficient (Wildman–Crippen LogP) is 3.17. The van der Waals surface area contributed by atoms with E-state index in [4.69, 9.17) is 4.74 Å². The first-order valence-corrected chi connectivity index (χ1v) is 7.57. The maximum Gasteiger partial charge on any atom is 0.352 e. The Labute approximate surface area is 135 Å². The van der Waals surface area contributed by atoms with E-state index in [1.807, 2.05) is 37.3 Å². The van der Waals surface area contributed by atoms with Crippen LogP contribution < -0.4 is 0 Å². The molecule has 1 N–H and O–H groups in total. The molecule has 0 spiro atoms. The van der Waals surface area contributed by atoms with Crippen molar-refractivity contribution in [2.75, 3.05) is 0 Å². The molecule has 122 valence electrons. The molecule has 0 aliphatic rings. The number of benzene rings is 1. The van der Waals surface area contributed by atoms with Crippen LogP contribution in [0.2, 0.25) is 0 Å². The minimum atomic E-state index is -0.970. The van der Waals surface area contributed by atoms with Gasteiger partial charge in [-0.05, 0) is 30.0 Å². The summed E-state index contributed by atoms with van der Waals surface area (Å²) in [5.41, 5.74) is 3.67. The van der Waals surface area contributed by atoms with Gasteiger partial charge < -0.3 is 14.4 Å². The Morgan fingerprint density at radius 2 is 1.87 bits per heavy atom. The molecule has 0 fully saturated rings. The molecule has 0 aliphatic heterocycles. The Hall–Kier alpha value is -2.56. The van der Waals surface area contributed by atoms with Crippen LogP contribution in [0.1, 0.15) is 46.7 Å². The first kappa shape index (κ1) is 16.8. The summed E-state index contributed by atoms with van der Waals surface area (Å²) in [7, 11) is 0. The molecule has 0 amide bonds. The van der Waals surface area contributed by atoms with Gasteiger partial charge in [0.05, 0.1) is 5.69 Å². The van der Waals surface area contributed by atoms with Crippen LogP contribution in [-0.4, -0.2) is 21.6 Å². The fourth-order valence-corrected chi connectivity index (χ4v) is 2.88. The van der Waals surface area contributed by atoms with Crippen LogP contribution in [-0.2, 0) is 29.1 Å². The Kier molecular flexibility index (Phi) is 5.21. The number of aromatic carboxylic acids is 1. The quantitative estimate of drug-likeness (QED) is 0.831. The van der Waals surface area contributed by atoms with Crippen molar-refractivity contribution >= 4 is 11.9 Å². The van der Waals surface area contributed by atoms with Gasteiger partial charge in [-0.25, -0.2) is 4.79 Å². The summed E-state index contributed by atoms with van der Waals surface area (Å²) in [6.07, 6.45) is 0.685. The zero-order chi connectivity index (χ0) is 17.0. The molecule has 0 bridgehead atoms. The van der Waals surface area contributed by atoms with Crippen LogP contribution in [0.3, 0.4) is 0 Å². The van der Waals surface area contributed by atoms with E-state index in [2.05, 4.69) is 0 Å². The highest BCUT2D eigenvalue weighted by molar-refractivity contribution is 5.88. The molecule has 2 rings (SSSR count). The number of nitrogens with zero attached hydrogens (tertiary/aromatic N) is 1. The molecule has 0 saturated carbocycles. The fourth-order valence-electron chi connectivity index (χ4n) is 2.88. The summed E-state index contributed by atoms with van der Waals surface area (Å²) in [5.74, 6) is -1.35. The van der Waals surface area contributed by atoms with E-state index in [-0.39, 0.29) is 18.3 Å². The molecule has 5 nitrogen and oxygen atoms in total. The summed E-state index contributed by atoms with van der Waals surface area (Å²) in [6, 6.07) is 9.64. The number of hydrogen-bond acceptors (Lipinski definition) is 3. The van der Waals surface area contributed by atoms with Gasteiger partial charge >= 0.3 is 11.9 Å². The van der Waals surface area contributed by atoms with Crippen LogP contribution in [0, 0.1) is 6.92 Å². The number of carbonyl (C=O) groups excluding carboxylic acids is 1. The SMILES string of the molecule is CCc1c(C)c(C(=O)O)n(Cc2ccccc2)c1COC(C)=O. The number of aromatic nitrogens is 1. The number of hydrogen-bond donors (Lipinski definition) is 1. The van der Waals surface area contributed by atoms with Crippen LogP contribution in [0.5, 0.6) is 0 Å². The van der Waals surface area contributed by atoms with Gasteiger partial charge in [0.1, 0.15) is 12.3 Å². The van der Waals surface area contributed by atoms with Gasteiger partial charge in [-0.2, -0.15) is 0 Å². The first-order chi connectivity index (χ1) is 11.0. The molecular formula is C18H21NO4. The Morgan fingerprint density at radius 3 is 2.39 bits per heavy atom. The van der Waals surface area contributed by atoms with Crippen molar-refractivity contribution in [3.05, 3.63) is 58.4 Å². The summed E-state index contributed by atoms with van der Waals surface area (Å²) < 4.78 is 6.89. The summed E-state index contributed by atoms with van der Waals surface area (Å²) >= 11 is 0. The van der Waals surface area contributed by atoms with Gasteiger partial charge in [0.15, 0.2) is 0 Å². The van der Waals surface area contributed by atoms with E-state index in [0.29, 0.717) is 13.0 Å². The second kappa shape index (κ2) is 7.13. The standard InChI is InChI=1S/C18H21NO4/c1-4-15-12(2)17(18(21)22)19(16(15)11-23-13(3)20)10-14-8-6-5-7-9-14/h5-9H,4,10-11H2,1-3H3,(H,21,22). The normalized spacial score (nSPS) is 10.6. The van der Waals surface area contributed by atoms with Crippen molar-refractivity contribution in [3.63, 3.8) is 0 Å². The van der Waals surface area contributed by atoms with Crippen molar-refractivity contribution < 1.29 is 19.4 Å². The van der Waals surface area contributed by atoms with Gasteiger partial charge in [-0.3, -0.25) is 4.79 Å². The van der Waals surface area contributed by atoms with Crippen molar-refractivity contribution in [2.45, 2.75) is 40.3 Å². The zero-order valence-corrected chi connectivity index (χ0v) is 13.6. The second-order valence-corrected chi connectivity index (χ2v) is 5.41. The highest BCUT2D eigenvalue weighted by atomic mass is 16.5. The number of ether oxygens (including phenoxy) is 1. The molecule has 1 aromatic heterocycles. The number of carboxylic acids is 1. The van der Waals surface area contributed by atoms with Crippen molar-refractivity contribution in [3.8, 4) is 0 Å². The van der Waals surface area contributed by atoms with Crippen LogP contribution in [0.4, 0.5) is 0 Å². The molecule has 5 heteroatoms. The highest BCUT2D eigenvalue weighted by Crippen LogP contribution is 2.25. The van der Waals surface area contributed by atoms with Crippen LogP contribution in [0.15, 0.2) is 30.3 Å². The van der Waals surface area contributed by atoms with Crippen LogP contribution >= 0.6 is 0 Å². The molecule has 0 aliphatic carbocycles. The molecule has 0 saturated heterocycles. The van der Waals surface area contributed by atoms with Gasteiger partial charge in [-0.1, -0.05) is 37.3 Å². The molecule has 1 heterocycles. The van der Waals surface area contributed by atoms with Crippen molar-refractivity contribution in [2.24, 2.45) is 0 Å². The van der Waals surface area contributed by atoms with E-state index >= 15 is 0 Å². The Balaban J connectivity index is 2.54. The van der Waals surface area contributed by atoms with E-state index in [9.17, 15) is 14.7 Å². The first-order valence-electron chi connectivity index (χ1n) is 7.57. The smallest absolute Gasteiger partial charge is 0.352 e. The van der Waals surface area contributed by atoms with E-state index in [1.165, 1.54) is 6.92 Å². The Bertz CT molecular complexity index is 716. The van der Waals surface area contributed by atoms with Crippen LogP contribution in [0.25, 0.3) is 0 Å². The van der Waals surface area contributed by atoms with E-state index < -0.39 is 5.97 Å². The molecule has 0 radical (unpaired) electrons. The number of carboxylic acid groups (broad SMARTS) is 1. The summed E-state index contributed by atoms with van der Waals surface area (Å²) in [5, 5.41) is 9.61. The fraction of sp³-hybridized carbons (Fsp3) is 0.333.